The maximum Gasteiger partial charge on any atom is 0.261 e. The zero-order chi connectivity index (χ0) is 22.9. The molecule has 0 aliphatic rings. The molecule has 0 spiro atoms. The predicted octanol–water partition coefficient (Wildman–Crippen LogP) is 2.48. The molecule has 166 valence electrons. The molecule has 0 saturated heterocycles. The fraction of sp³-hybridized carbons (Fsp3) is 0.316. The molecule has 2 atom stereocenters. The Bertz CT molecular complexity index is 962. The molecule has 2 N–H and O–H groups in total. The van der Waals surface area contributed by atoms with E-state index < -0.39 is 36.1 Å². The molecule has 0 heterocycles. The second-order valence-electron chi connectivity index (χ2n) is 6.31. The Labute approximate surface area is 180 Å². The van der Waals surface area contributed by atoms with Crippen LogP contribution in [0.5, 0.6) is 0 Å². The molecule has 2 rings (SSSR count). The van der Waals surface area contributed by atoms with E-state index in [0.717, 1.165) is 12.0 Å². The van der Waals surface area contributed by atoms with Crippen LogP contribution in [0.3, 0.4) is 0 Å². The van der Waals surface area contributed by atoms with Gasteiger partial charge in [-0.05, 0) is 23.0 Å². The molecular weight excluding hydrogens is 446 g/mol. The Morgan fingerprint density at radius 3 is 2.10 bits per heavy atom. The normalized spacial score (nSPS) is 13.2. The number of carbonyl (C=O) groups is 1. The minimum Gasteiger partial charge on any atom is -0.344 e. The Kier molecular flexibility index (Phi) is 10.3. The first kappa shape index (κ1) is 26.4. The first-order valence-corrected chi connectivity index (χ1v) is 13.5. The standard InChI is InChI=1S/C17H22N2O6P2S.C2H6/c1-27(22,23)13-18(28(24,25)16-5-3-2-4-6-16)12-17(20)19(21)11-14-7-9-15(26)10-8-14;1-2/h2-10,21H,11-13,26H2,1H3,(H,22,23);1-2H3. The minimum atomic E-state index is -4.20. The molecule has 0 aliphatic carbocycles. The Morgan fingerprint density at radius 1 is 1.07 bits per heavy atom. The smallest absolute Gasteiger partial charge is 0.261 e. The number of carbonyl (C=O) groups excluding carboxylic acids is 1. The van der Waals surface area contributed by atoms with Crippen LogP contribution in [0.25, 0.3) is 0 Å². The van der Waals surface area contributed by atoms with Crippen molar-refractivity contribution >= 4 is 37.8 Å². The van der Waals surface area contributed by atoms with Gasteiger partial charge in [-0.25, -0.2) is 13.5 Å². The largest absolute Gasteiger partial charge is 0.344 e. The molecule has 1 amide bonds. The van der Waals surface area contributed by atoms with E-state index in [4.69, 9.17) is 0 Å². The van der Waals surface area contributed by atoms with E-state index in [1.54, 1.807) is 30.3 Å². The molecule has 11 heteroatoms. The molecule has 0 radical (unpaired) electrons. The van der Waals surface area contributed by atoms with Gasteiger partial charge in [-0.15, -0.1) is 9.24 Å². The number of sulfonamides is 1. The molecule has 0 fully saturated rings. The highest BCUT2D eigenvalue weighted by Crippen LogP contribution is 2.37. The summed E-state index contributed by atoms with van der Waals surface area (Å²) in [5.74, 6) is -0.914. The van der Waals surface area contributed by atoms with Crippen molar-refractivity contribution in [3.05, 3.63) is 60.2 Å². The van der Waals surface area contributed by atoms with E-state index in [0.29, 0.717) is 14.9 Å². The summed E-state index contributed by atoms with van der Waals surface area (Å²) in [5.41, 5.74) is 0.642. The first-order chi connectivity index (χ1) is 14.0. The van der Waals surface area contributed by atoms with Gasteiger partial charge in [0.2, 0.25) is 17.4 Å². The van der Waals surface area contributed by atoms with Crippen LogP contribution < -0.4 is 5.30 Å². The Hall–Kier alpha value is -1.60. The molecule has 2 aromatic carbocycles. The van der Waals surface area contributed by atoms with Gasteiger partial charge in [-0.1, -0.05) is 56.3 Å². The molecule has 0 bridgehead atoms. The van der Waals surface area contributed by atoms with Gasteiger partial charge in [0.05, 0.1) is 24.3 Å². The lowest BCUT2D eigenvalue weighted by atomic mass is 10.2. The zero-order valence-corrected chi connectivity index (χ0v) is 20.0. The summed E-state index contributed by atoms with van der Waals surface area (Å²) in [6.07, 6.45) is -0.744. The summed E-state index contributed by atoms with van der Waals surface area (Å²) < 4.78 is 38.1. The van der Waals surface area contributed by atoms with Gasteiger partial charge in [0, 0.05) is 6.66 Å². The number of hydrogen-bond donors (Lipinski definition) is 2. The number of hydroxylamine groups is 2. The highest BCUT2D eigenvalue weighted by Gasteiger charge is 2.32. The summed E-state index contributed by atoms with van der Waals surface area (Å²) in [6, 6.07) is 14.3. The molecule has 0 aliphatic heterocycles. The van der Waals surface area contributed by atoms with Gasteiger partial charge in [0.1, 0.15) is 0 Å². The Balaban J connectivity index is 0.00000218. The quantitative estimate of drug-likeness (QED) is 0.345. The van der Waals surface area contributed by atoms with Crippen molar-refractivity contribution in [1.82, 2.24) is 9.37 Å². The van der Waals surface area contributed by atoms with E-state index in [-0.39, 0.29) is 11.4 Å². The minimum absolute atomic E-state index is 0.114. The van der Waals surface area contributed by atoms with Gasteiger partial charge < -0.3 is 4.89 Å². The zero-order valence-electron chi connectivity index (χ0n) is 17.2. The summed E-state index contributed by atoms with van der Waals surface area (Å²) >= 11 is 0. The van der Waals surface area contributed by atoms with E-state index in [1.807, 2.05) is 13.8 Å². The van der Waals surface area contributed by atoms with Gasteiger partial charge in [-0.2, -0.15) is 4.31 Å². The van der Waals surface area contributed by atoms with Crippen molar-refractivity contribution in [2.75, 3.05) is 19.5 Å². The van der Waals surface area contributed by atoms with E-state index in [1.165, 1.54) is 24.3 Å². The molecule has 0 saturated carbocycles. The highest BCUT2D eigenvalue weighted by molar-refractivity contribution is 7.89. The third-order valence-electron chi connectivity index (χ3n) is 3.71. The van der Waals surface area contributed by atoms with Crippen LogP contribution in [0.2, 0.25) is 0 Å². The van der Waals surface area contributed by atoms with Crippen LogP contribution in [-0.4, -0.2) is 53.3 Å². The lowest BCUT2D eigenvalue weighted by Crippen LogP contribution is -2.41. The van der Waals surface area contributed by atoms with Crippen molar-refractivity contribution in [3.63, 3.8) is 0 Å². The maximum absolute atomic E-state index is 12.8. The summed E-state index contributed by atoms with van der Waals surface area (Å²) in [4.78, 5) is 21.9. The third kappa shape index (κ3) is 8.26. The number of nitrogens with zero attached hydrogens (tertiary/aromatic N) is 2. The van der Waals surface area contributed by atoms with E-state index in [2.05, 4.69) is 9.24 Å². The average molecular weight is 474 g/mol. The van der Waals surface area contributed by atoms with Crippen molar-refractivity contribution < 1.29 is 27.9 Å². The molecular formula is C19H28N2O6P2S. The van der Waals surface area contributed by atoms with Crippen LogP contribution in [0, 0.1) is 0 Å². The Morgan fingerprint density at radius 2 is 1.60 bits per heavy atom. The van der Waals surface area contributed by atoms with Crippen LogP contribution in [0.15, 0.2) is 59.5 Å². The lowest BCUT2D eigenvalue weighted by Gasteiger charge is -2.24. The topological polar surface area (TPSA) is 115 Å². The van der Waals surface area contributed by atoms with Crippen LogP contribution in [0.4, 0.5) is 0 Å². The SMILES string of the molecule is CC.CP(=O)(O)CN(CC(=O)N(O)Cc1ccc(P)cc1)S(=O)(=O)c1ccccc1. The predicted molar refractivity (Wildman–Crippen MR) is 120 cm³/mol. The van der Waals surface area contributed by atoms with Crippen LogP contribution in [0.1, 0.15) is 19.4 Å². The molecule has 30 heavy (non-hydrogen) atoms. The maximum atomic E-state index is 12.8. The monoisotopic (exact) mass is 474 g/mol. The first-order valence-electron chi connectivity index (χ1n) is 9.17. The van der Waals surface area contributed by atoms with Gasteiger partial charge in [0.25, 0.3) is 5.91 Å². The number of benzene rings is 2. The summed E-state index contributed by atoms with van der Waals surface area (Å²) in [6.45, 7) is 4.09. The average Bonchev–Trinajstić information content (AvgIpc) is 2.70. The molecule has 2 unspecified atom stereocenters. The number of amides is 1. The summed E-state index contributed by atoms with van der Waals surface area (Å²) in [5, 5.41) is 11.4. The fourth-order valence-corrected chi connectivity index (χ4v) is 5.57. The van der Waals surface area contributed by atoms with Crippen LogP contribution in [-0.2, 0) is 25.9 Å². The molecule has 8 nitrogen and oxygen atoms in total. The van der Waals surface area contributed by atoms with Crippen molar-refractivity contribution in [3.8, 4) is 0 Å². The second-order valence-corrected chi connectivity index (χ2v) is 11.3. The fourth-order valence-electron chi connectivity index (χ4n) is 2.36. The molecule has 2 aromatic rings. The number of rotatable bonds is 8. The van der Waals surface area contributed by atoms with Gasteiger partial charge >= 0.3 is 0 Å². The van der Waals surface area contributed by atoms with Gasteiger partial charge in [0.15, 0.2) is 0 Å². The third-order valence-corrected chi connectivity index (χ3v) is 6.96. The molecule has 0 aromatic heterocycles. The van der Waals surface area contributed by atoms with Crippen molar-refractivity contribution in [2.45, 2.75) is 25.3 Å². The van der Waals surface area contributed by atoms with Gasteiger partial charge in [-0.3, -0.25) is 14.6 Å². The lowest BCUT2D eigenvalue weighted by molar-refractivity contribution is -0.167. The van der Waals surface area contributed by atoms with Crippen molar-refractivity contribution in [1.29, 1.82) is 0 Å². The second kappa shape index (κ2) is 11.7. The van der Waals surface area contributed by atoms with E-state index >= 15 is 0 Å². The highest BCUT2D eigenvalue weighted by atomic mass is 32.2. The van der Waals surface area contributed by atoms with E-state index in [9.17, 15) is 27.9 Å². The number of hydrogen-bond acceptors (Lipinski definition) is 5. The van der Waals surface area contributed by atoms with Crippen LogP contribution >= 0.6 is 16.6 Å². The van der Waals surface area contributed by atoms with Crippen molar-refractivity contribution in [2.24, 2.45) is 0 Å². The summed E-state index contributed by atoms with van der Waals surface area (Å²) in [7, 11) is -5.49.